The third-order valence-corrected chi connectivity index (χ3v) is 3.79. The van der Waals surface area contributed by atoms with E-state index in [9.17, 15) is 23.8 Å². The molecule has 26 heavy (non-hydrogen) atoms. The molecular formula is C11H19I2N2O10P. The zero-order valence-corrected chi connectivity index (χ0v) is 18.6. The van der Waals surface area contributed by atoms with Gasteiger partial charge in [0.2, 0.25) is 5.91 Å². The standard InChI is InChI=1S/C11H19I2N2O10P/c12-10(17)22-5-8(25-11(13)18)6-24-26(19,20)23-4-2-15-9(16)7-21-3-1-14/h8H,1-7,14H2,(H,15,16)(H,19,20). The lowest BCUT2D eigenvalue weighted by atomic mass is 10.4. The maximum atomic E-state index is 11.7. The predicted molar refractivity (Wildman–Crippen MR) is 104 cm³/mol. The van der Waals surface area contributed by atoms with Crippen LogP contribution < -0.4 is 11.1 Å². The minimum absolute atomic E-state index is 0.0582. The number of nitrogens with one attached hydrogen (secondary N) is 1. The van der Waals surface area contributed by atoms with Gasteiger partial charge in [-0.05, 0) is 0 Å². The van der Waals surface area contributed by atoms with Crippen LogP contribution in [0.2, 0.25) is 0 Å². The molecule has 0 aromatic heterocycles. The number of hydrogen-bond acceptors (Lipinski definition) is 10. The summed E-state index contributed by atoms with van der Waals surface area (Å²) < 4.78 is 34.0. The second-order valence-electron chi connectivity index (χ2n) is 4.31. The molecule has 0 aromatic rings. The summed E-state index contributed by atoms with van der Waals surface area (Å²) in [6.07, 6.45) is -1.08. The fraction of sp³-hybridized carbons (Fsp3) is 0.727. The zero-order valence-electron chi connectivity index (χ0n) is 13.4. The fourth-order valence-electron chi connectivity index (χ4n) is 1.27. The normalized spacial score (nSPS) is 14.2. The van der Waals surface area contributed by atoms with Gasteiger partial charge in [-0.25, -0.2) is 14.2 Å². The topological polar surface area (TPSA) is 173 Å². The Bertz CT molecular complexity index is 509. The molecular weight excluding hydrogens is 605 g/mol. The molecule has 15 heteroatoms. The van der Waals surface area contributed by atoms with Gasteiger partial charge in [0, 0.05) is 13.1 Å². The van der Waals surface area contributed by atoms with Gasteiger partial charge in [0.25, 0.3) is 0 Å². The van der Waals surface area contributed by atoms with Gasteiger partial charge in [0.15, 0.2) is 6.10 Å². The number of rotatable bonds is 14. The molecule has 0 aliphatic carbocycles. The minimum Gasteiger partial charge on any atom is -0.454 e. The van der Waals surface area contributed by atoms with Gasteiger partial charge < -0.3 is 30.2 Å². The van der Waals surface area contributed by atoms with E-state index in [1.54, 1.807) is 0 Å². The van der Waals surface area contributed by atoms with Crippen LogP contribution in [0.5, 0.6) is 0 Å². The first-order chi connectivity index (χ1) is 12.2. The Morgan fingerprint density at radius 1 is 1.12 bits per heavy atom. The third kappa shape index (κ3) is 16.1. The van der Waals surface area contributed by atoms with E-state index in [1.165, 1.54) is 45.2 Å². The average molecular weight is 624 g/mol. The first kappa shape index (κ1) is 25.9. The molecule has 0 rings (SSSR count). The summed E-state index contributed by atoms with van der Waals surface area (Å²) in [4.78, 5) is 42.5. The highest BCUT2D eigenvalue weighted by molar-refractivity contribution is 14.1. The quantitative estimate of drug-likeness (QED) is 0.108. The van der Waals surface area contributed by atoms with Crippen LogP contribution in [0.4, 0.5) is 9.59 Å². The molecule has 0 aromatic carbocycles. The van der Waals surface area contributed by atoms with E-state index in [2.05, 4.69) is 19.1 Å². The highest BCUT2D eigenvalue weighted by atomic mass is 127. The first-order valence-corrected chi connectivity index (χ1v) is 10.7. The largest absolute Gasteiger partial charge is 0.472 e. The van der Waals surface area contributed by atoms with Gasteiger partial charge in [-0.1, -0.05) is 0 Å². The Morgan fingerprint density at radius 2 is 1.81 bits per heavy atom. The molecule has 0 saturated heterocycles. The van der Waals surface area contributed by atoms with Crippen molar-refractivity contribution in [1.82, 2.24) is 5.32 Å². The van der Waals surface area contributed by atoms with Crippen molar-refractivity contribution in [1.29, 1.82) is 0 Å². The van der Waals surface area contributed by atoms with E-state index in [-0.39, 0.29) is 39.5 Å². The summed E-state index contributed by atoms with van der Waals surface area (Å²) in [7, 11) is -4.46. The molecule has 1 amide bonds. The highest BCUT2D eigenvalue weighted by Gasteiger charge is 2.25. The van der Waals surface area contributed by atoms with Crippen LogP contribution in [0.3, 0.4) is 0 Å². The summed E-state index contributed by atoms with van der Waals surface area (Å²) in [5.74, 6) is -0.439. The van der Waals surface area contributed by atoms with Crippen molar-refractivity contribution >= 4 is 66.9 Å². The van der Waals surface area contributed by atoms with Gasteiger partial charge >= 0.3 is 15.8 Å². The van der Waals surface area contributed by atoms with Gasteiger partial charge in [0.1, 0.15) is 13.2 Å². The molecule has 152 valence electrons. The second-order valence-corrected chi connectivity index (χ2v) is 7.53. The van der Waals surface area contributed by atoms with Crippen molar-refractivity contribution < 1.29 is 47.1 Å². The highest BCUT2D eigenvalue weighted by Crippen LogP contribution is 2.43. The maximum Gasteiger partial charge on any atom is 0.472 e. The molecule has 2 unspecified atom stereocenters. The Hall–Kier alpha value is -0.100. The number of carbonyl (C=O) groups excluding carboxylic acids is 3. The molecule has 0 radical (unpaired) electrons. The average Bonchev–Trinajstić information content (AvgIpc) is 2.54. The van der Waals surface area contributed by atoms with Crippen LogP contribution in [-0.4, -0.2) is 71.0 Å². The summed E-state index contributed by atoms with van der Waals surface area (Å²) in [6, 6.07) is 0. The molecule has 0 saturated carbocycles. The lowest BCUT2D eigenvalue weighted by molar-refractivity contribution is -0.125. The number of amides is 1. The van der Waals surface area contributed by atoms with Crippen molar-refractivity contribution in [3.63, 3.8) is 0 Å². The smallest absolute Gasteiger partial charge is 0.454 e. The number of phosphoric ester groups is 1. The molecule has 0 fully saturated rings. The van der Waals surface area contributed by atoms with Crippen LogP contribution in [0.1, 0.15) is 0 Å². The molecule has 0 heterocycles. The van der Waals surface area contributed by atoms with Crippen LogP contribution in [0.15, 0.2) is 0 Å². The van der Waals surface area contributed by atoms with Crippen molar-refractivity contribution in [2.45, 2.75) is 6.10 Å². The molecule has 0 aliphatic heterocycles. The SMILES string of the molecule is NCCOCC(=O)NCCOP(=O)(O)OCC(COC(=O)I)OC(=O)I. The van der Waals surface area contributed by atoms with Gasteiger partial charge in [0.05, 0.1) is 65.0 Å². The van der Waals surface area contributed by atoms with Crippen molar-refractivity contribution in [3.05, 3.63) is 0 Å². The maximum absolute atomic E-state index is 11.7. The monoisotopic (exact) mass is 624 g/mol. The molecule has 0 spiro atoms. The van der Waals surface area contributed by atoms with E-state index in [1.807, 2.05) is 0 Å². The van der Waals surface area contributed by atoms with E-state index in [0.717, 1.165) is 0 Å². The Labute approximate surface area is 176 Å². The number of nitrogens with two attached hydrogens (primary N) is 1. The van der Waals surface area contributed by atoms with E-state index in [4.69, 9.17) is 15.2 Å². The lowest BCUT2D eigenvalue weighted by Crippen LogP contribution is -2.31. The van der Waals surface area contributed by atoms with E-state index in [0.29, 0.717) is 0 Å². The van der Waals surface area contributed by atoms with Crippen LogP contribution >= 0.6 is 53.0 Å². The Morgan fingerprint density at radius 3 is 2.38 bits per heavy atom. The number of hydrogen-bond donors (Lipinski definition) is 3. The molecule has 12 nitrogen and oxygen atoms in total. The summed E-state index contributed by atoms with van der Waals surface area (Å²) in [6.45, 7) is -0.927. The second kappa shape index (κ2) is 14.9. The number of halogens is 2. The third-order valence-electron chi connectivity index (χ3n) is 2.24. The summed E-state index contributed by atoms with van der Waals surface area (Å²) in [5.41, 5.74) is 5.19. The lowest BCUT2D eigenvalue weighted by Gasteiger charge is -2.18. The molecule has 4 N–H and O–H groups in total. The fourth-order valence-corrected chi connectivity index (χ4v) is 2.56. The summed E-state index contributed by atoms with van der Waals surface area (Å²) in [5, 5.41) is 2.39. The van der Waals surface area contributed by atoms with E-state index >= 15 is 0 Å². The van der Waals surface area contributed by atoms with Crippen molar-refractivity contribution in [2.24, 2.45) is 5.73 Å². The molecule has 0 bridgehead atoms. The van der Waals surface area contributed by atoms with Crippen molar-refractivity contribution in [2.75, 3.05) is 46.1 Å². The van der Waals surface area contributed by atoms with Gasteiger partial charge in [-0.2, -0.15) is 0 Å². The zero-order chi connectivity index (χ0) is 20.0. The van der Waals surface area contributed by atoms with Gasteiger partial charge in [-0.15, -0.1) is 0 Å². The Balaban J connectivity index is 4.12. The number of phosphoric acid groups is 1. The first-order valence-electron chi connectivity index (χ1n) is 7.01. The minimum atomic E-state index is -4.46. The van der Waals surface area contributed by atoms with Crippen molar-refractivity contribution in [3.8, 4) is 0 Å². The Kier molecular flexibility index (Phi) is 14.8. The number of ether oxygens (including phenoxy) is 3. The molecule has 0 aliphatic rings. The summed E-state index contributed by atoms with van der Waals surface area (Å²) >= 11 is 2.71. The van der Waals surface area contributed by atoms with Crippen LogP contribution in [0.25, 0.3) is 0 Å². The van der Waals surface area contributed by atoms with Crippen LogP contribution in [0, 0.1) is 0 Å². The number of carbonyl (C=O) groups is 3. The van der Waals surface area contributed by atoms with Gasteiger partial charge in [-0.3, -0.25) is 13.8 Å². The van der Waals surface area contributed by atoms with Crippen LogP contribution in [-0.2, 0) is 32.6 Å². The van der Waals surface area contributed by atoms with E-state index < -0.39 is 34.4 Å². The molecule has 2 atom stereocenters. The predicted octanol–water partition coefficient (Wildman–Crippen LogP) is 0.723.